The number of para-hydroxylation sites is 1. The first kappa shape index (κ1) is 23.0. The fourth-order valence-corrected chi connectivity index (χ4v) is 4.50. The van der Waals surface area contributed by atoms with Crippen molar-refractivity contribution in [2.24, 2.45) is 0 Å². The molecule has 3 amide bonds. The van der Waals surface area contributed by atoms with Crippen LogP contribution in [0.15, 0.2) is 71.6 Å². The summed E-state index contributed by atoms with van der Waals surface area (Å²) in [6, 6.07) is 17.9. The number of sulfonamides is 1. The van der Waals surface area contributed by atoms with E-state index in [1.54, 1.807) is 12.1 Å². The van der Waals surface area contributed by atoms with Crippen LogP contribution in [0.2, 0.25) is 0 Å². The average Bonchev–Trinajstić information content (AvgIpc) is 2.94. The summed E-state index contributed by atoms with van der Waals surface area (Å²) in [4.78, 5) is 36.2. The Balaban J connectivity index is 1.55. The molecule has 4 rings (SSSR count). The Morgan fingerprint density at radius 1 is 0.912 bits per heavy atom. The molecule has 1 aliphatic rings. The normalized spacial score (nSPS) is 13.2. The van der Waals surface area contributed by atoms with E-state index in [2.05, 4.69) is 20.7 Å². The van der Waals surface area contributed by atoms with Crippen LogP contribution in [-0.4, -0.2) is 26.1 Å². The van der Waals surface area contributed by atoms with Crippen molar-refractivity contribution in [2.45, 2.75) is 24.8 Å². The summed E-state index contributed by atoms with van der Waals surface area (Å²) in [7, 11) is -4.11. The van der Waals surface area contributed by atoms with Gasteiger partial charge in [-0.25, -0.2) is 8.42 Å². The van der Waals surface area contributed by atoms with Crippen molar-refractivity contribution in [3.63, 3.8) is 0 Å². The Kier molecular flexibility index (Phi) is 6.33. The Morgan fingerprint density at radius 3 is 2.32 bits per heavy atom. The minimum absolute atomic E-state index is 0.108. The number of amides is 3. The molecule has 0 saturated heterocycles. The Bertz CT molecular complexity index is 1380. The first-order valence-corrected chi connectivity index (χ1v) is 11.9. The van der Waals surface area contributed by atoms with Crippen LogP contribution in [0.5, 0.6) is 0 Å². The molecule has 0 radical (unpaired) electrons. The van der Waals surface area contributed by atoms with Crippen LogP contribution in [-0.2, 0) is 26.2 Å². The molecule has 0 unspecified atom stereocenters. The van der Waals surface area contributed by atoms with Gasteiger partial charge in [0.1, 0.15) is 6.42 Å². The second-order valence-corrected chi connectivity index (χ2v) is 9.48. The molecule has 3 aromatic carbocycles. The lowest BCUT2D eigenvalue weighted by Crippen LogP contribution is -2.25. The fraction of sp³-hybridized carbons (Fsp3) is 0.125. The van der Waals surface area contributed by atoms with Crippen LogP contribution >= 0.6 is 0 Å². The molecule has 0 saturated carbocycles. The number of carbonyl (C=O) groups is 3. The molecular formula is C24H22N4O5S. The van der Waals surface area contributed by atoms with Gasteiger partial charge in [-0.3, -0.25) is 19.1 Å². The highest BCUT2D eigenvalue weighted by Crippen LogP contribution is 2.29. The second-order valence-electron chi connectivity index (χ2n) is 7.80. The Morgan fingerprint density at radius 2 is 1.59 bits per heavy atom. The van der Waals surface area contributed by atoms with Crippen LogP contribution in [0.3, 0.4) is 0 Å². The highest BCUT2D eigenvalue weighted by atomic mass is 32.2. The molecule has 10 heteroatoms. The lowest BCUT2D eigenvalue weighted by Gasteiger charge is -2.14. The number of hydrogen-bond donors (Lipinski definition) is 4. The van der Waals surface area contributed by atoms with Crippen LogP contribution in [0.1, 0.15) is 27.9 Å². The van der Waals surface area contributed by atoms with Crippen LogP contribution in [0, 0.1) is 6.92 Å². The molecule has 0 aromatic heterocycles. The lowest BCUT2D eigenvalue weighted by atomic mass is 10.1. The number of benzene rings is 3. The van der Waals surface area contributed by atoms with Gasteiger partial charge in [-0.05, 0) is 42.8 Å². The second kappa shape index (κ2) is 9.36. The summed E-state index contributed by atoms with van der Waals surface area (Å²) in [5.74, 6) is -1.47. The molecule has 174 valence electrons. The van der Waals surface area contributed by atoms with Gasteiger partial charge in [0.05, 0.1) is 27.5 Å². The van der Waals surface area contributed by atoms with E-state index < -0.39 is 27.7 Å². The summed E-state index contributed by atoms with van der Waals surface area (Å²) in [6.45, 7) is 2.26. The quantitative estimate of drug-likeness (QED) is 0.404. The maximum atomic E-state index is 13.1. The maximum absolute atomic E-state index is 13.1. The number of carbonyl (C=O) groups excluding carboxylic acids is 3. The van der Waals surface area contributed by atoms with Gasteiger partial charge in [-0.2, -0.15) is 0 Å². The van der Waals surface area contributed by atoms with E-state index in [1.807, 2.05) is 31.2 Å². The van der Waals surface area contributed by atoms with Crippen LogP contribution < -0.4 is 20.7 Å². The fourth-order valence-electron chi connectivity index (χ4n) is 3.39. The highest BCUT2D eigenvalue weighted by Gasteiger charge is 2.23. The van der Waals surface area contributed by atoms with Gasteiger partial charge in [0.15, 0.2) is 0 Å². The number of aryl methyl sites for hydroxylation is 1. The minimum atomic E-state index is -4.11. The van der Waals surface area contributed by atoms with Gasteiger partial charge >= 0.3 is 0 Å². The van der Waals surface area contributed by atoms with Crippen molar-refractivity contribution in [3.8, 4) is 0 Å². The molecule has 4 N–H and O–H groups in total. The van der Waals surface area contributed by atoms with Gasteiger partial charge in [-0.15, -0.1) is 0 Å². The van der Waals surface area contributed by atoms with Gasteiger partial charge in [0, 0.05) is 6.54 Å². The third-order valence-corrected chi connectivity index (χ3v) is 6.52. The summed E-state index contributed by atoms with van der Waals surface area (Å²) in [5.41, 5.74) is 2.75. The van der Waals surface area contributed by atoms with Gasteiger partial charge < -0.3 is 16.0 Å². The Hall–Kier alpha value is -4.18. The molecule has 1 aliphatic heterocycles. The van der Waals surface area contributed by atoms with E-state index in [1.165, 1.54) is 30.3 Å². The standard InChI is InChI=1S/C24H22N4O5S/c1-15-6-8-16(9-7-15)14-25-24(31)18-4-2-3-5-19(18)28-34(32,33)17-10-11-20-21(12-17)27-23(30)13-22(29)26-20/h2-12,28H,13-14H2,1H3,(H,25,31)(H,26,29)(H,27,30). The minimum Gasteiger partial charge on any atom is -0.348 e. The molecule has 3 aromatic rings. The summed E-state index contributed by atoms with van der Waals surface area (Å²) >= 11 is 0. The molecule has 0 aliphatic carbocycles. The summed E-state index contributed by atoms with van der Waals surface area (Å²) in [5, 5.41) is 7.86. The first-order chi connectivity index (χ1) is 16.2. The van der Waals surface area contributed by atoms with Gasteiger partial charge in [-0.1, -0.05) is 42.0 Å². The van der Waals surface area contributed by atoms with Crippen molar-refractivity contribution >= 4 is 44.8 Å². The van der Waals surface area contributed by atoms with Gasteiger partial charge in [0.25, 0.3) is 15.9 Å². The lowest BCUT2D eigenvalue weighted by molar-refractivity contribution is -0.123. The SMILES string of the molecule is Cc1ccc(CNC(=O)c2ccccc2NS(=O)(=O)c2ccc3c(c2)NC(=O)CC(=O)N3)cc1. The van der Waals surface area contributed by atoms with Gasteiger partial charge in [0.2, 0.25) is 11.8 Å². The van der Waals surface area contributed by atoms with Crippen molar-refractivity contribution in [1.29, 1.82) is 0 Å². The monoisotopic (exact) mass is 478 g/mol. The summed E-state index contributed by atoms with van der Waals surface area (Å²) < 4.78 is 28.6. The van der Waals surface area contributed by atoms with Crippen molar-refractivity contribution < 1.29 is 22.8 Å². The van der Waals surface area contributed by atoms with Crippen molar-refractivity contribution in [1.82, 2.24) is 5.32 Å². The summed E-state index contributed by atoms with van der Waals surface area (Å²) in [6.07, 6.45) is -0.361. The molecule has 34 heavy (non-hydrogen) atoms. The third kappa shape index (κ3) is 5.24. The zero-order chi connectivity index (χ0) is 24.3. The molecule has 0 atom stereocenters. The highest BCUT2D eigenvalue weighted by molar-refractivity contribution is 7.92. The zero-order valence-electron chi connectivity index (χ0n) is 18.2. The van der Waals surface area contributed by atoms with Crippen LogP contribution in [0.4, 0.5) is 17.1 Å². The van der Waals surface area contributed by atoms with E-state index in [9.17, 15) is 22.8 Å². The predicted molar refractivity (Wildman–Crippen MR) is 128 cm³/mol. The molecular weight excluding hydrogens is 456 g/mol. The first-order valence-electron chi connectivity index (χ1n) is 10.4. The van der Waals surface area contributed by atoms with E-state index in [4.69, 9.17) is 0 Å². The molecule has 0 bridgehead atoms. The number of hydrogen-bond acceptors (Lipinski definition) is 5. The van der Waals surface area contributed by atoms with Crippen LogP contribution in [0.25, 0.3) is 0 Å². The zero-order valence-corrected chi connectivity index (χ0v) is 19.0. The third-order valence-electron chi connectivity index (χ3n) is 5.16. The number of rotatable bonds is 6. The van der Waals surface area contributed by atoms with E-state index >= 15 is 0 Å². The largest absolute Gasteiger partial charge is 0.348 e. The van der Waals surface area contributed by atoms with E-state index in [0.29, 0.717) is 5.69 Å². The van der Waals surface area contributed by atoms with Crippen molar-refractivity contribution in [2.75, 3.05) is 15.4 Å². The molecule has 9 nitrogen and oxygen atoms in total. The Labute approximate surface area is 196 Å². The smallest absolute Gasteiger partial charge is 0.261 e. The average molecular weight is 479 g/mol. The van der Waals surface area contributed by atoms with E-state index in [-0.39, 0.29) is 34.8 Å². The molecule has 1 heterocycles. The predicted octanol–water partition coefficient (Wildman–Crippen LogP) is 3.01. The maximum Gasteiger partial charge on any atom is 0.261 e. The topological polar surface area (TPSA) is 133 Å². The van der Waals surface area contributed by atoms with E-state index in [0.717, 1.165) is 11.1 Å². The molecule has 0 fully saturated rings. The molecule has 0 spiro atoms. The van der Waals surface area contributed by atoms with Crippen molar-refractivity contribution in [3.05, 3.63) is 83.4 Å². The number of nitrogens with one attached hydrogen (secondary N) is 4. The number of anilines is 3. The number of fused-ring (bicyclic) bond motifs is 1.